The zero-order chi connectivity index (χ0) is 100.0. The Morgan fingerprint density at radius 2 is 0.223 bits per heavy atom. The van der Waals surface area contributed by atoms with Gasteiger partial charge in [-0.2, -0.15) is 0 Å². The summed E-state index contributed by atoms with van der Waals surface area (Å²) in [5.41, 5.74) is 0. The van der Waals surface area contributed by atoms with Crippen molar-refractivity contribution in [2.24, 2.45) is 41.4 Å². The Labute approximate surface area is 924 Å². The summed E-state index contributed by atoms with van der Waals surface area (Å²) < 4.78 is 159. The minimum Gasteiger partial charge on any atom is -0.394 e. The molecule has 0 heterocycles. The number of hydrogen-bond acceptors (Lipinski definition) is 32. The first-order valence-corrected chi connectivity index (χ1v) is 51.8. The maximum absolute atomic E-state index is 8.44. The van der Waals surface area contributed by atoms with Crippen LogP contribution in [0.3, 0.4) is 0 Å². The molecule has 0 aliphatic carbocycles. The smallest absolute Gasteiger partial charge is 0.0701 e. The molecular weight excluding hydrogens is 1910 g/mol. The molecule has 0 bridgehead atoms. The Kier molecular flexibility index (Phi) is 257. The number of aliphatic hydroxyl groups is 2. The average molecular weight is 2180 g/mol. The Morgan fingerprint density at radius 3 is 0.318 bits per heavy atom. The summed E-state index contributed by atoms with van der Waals surface area (Å²) in [6, 6.07) is 0. The number of rotatable bonds is 106. The molecule has 0 saturated carbocycles. The van der Waals surface area contributed by atoms with Gasteiger partial charge < -0.3 is 152 Å². The summed E-state index contributed by atoms with van der Waals surface area (Å²) in [6.45, 7) is 74.8. The Morgan fingerprint density at radius 1 is 0.128 bits per heavy atom. The molecule has 0 rings (SSSR count). The predicted molar refractivity (Wildman–Crippen MR) is 630 cm³/mol. The van der Waals surface area contributed by atoms with Crippen LogP contribution in [0.5, 0.6) is 0 Å². The lowest BCUT2D eigenvalue weighted by Crippen LogP contribution is -2.14. The van der Waals surface area contributed by atoms with Gasteiger partial charge in [0.15, 0.2) is 0 Å². The Bertz CT molecular complexity index is 1870. The van der Waals surface area contributed by atoms with E-state index in [1.54, 1.807) is 14.2 Å². The van der Waals surface area contributed by atoms with E-state index in [1.165, 1.54) is 44.9 Å². The van der Waals surface area contributed by atoms with Crippen LogP contribution in [0.15, 0.2) is 0 Å². The van der Waals surface area contributed by atoms with Crippen LogP contribution in [-0.4, -0.2) is 421 Å². The maximum atomic E-state index is 8.44. The Balaban J connectivity index is -0.0000000662. The molecule has 148 heavy (non-hydrogen) atoms. The lowest BCUT2D eigenvalue weighted by atomic mass is 10.1. The van der Waals surface area contributed by atoms with E-state index in [1.807, 2.05) is 6.92 Å². The first-order chi connectivity index (χ1) is 65.4. The molecule has 0 aromatic carbocycles. The fourth-order valence-corrected chi connectivity index (χ4v) is 10.2. The van der Waals surface area contributed by atoms with Crippen molar-refractivity contribution in [3.8, 4) is 0 Å². The normalized spacial score (nSPS) is 10.3. The molecule has 0 amide bonds. The highest BCUT2D eigenvalue weighted by molar-refractivity contribution is 4.52. The van der Waals surface area contributed by atoms with E-state index in [0.717, 1.165) is 165 Å². The molecule has 0 spiro atoms. The second-order valence-electron chi connectivity index (χ2n) is 33.9. The summed E-state index contributed by atoms with van der Waals surface area (Å²) >= 11 is 0. The molecule has 0 aliphatic rings. The van der Waals surface area contributed by atoms with Crippen molar-refractivity contribution >= 4 is 0 Å². The van der Waals surface area contributed by atoms with Gasteiger partial charge in [0.2, 0.25) is 0 Å². The van der Waals surface area contributed by atoms with Crippen LogP contribution < -0.4 is 0 Å². The molecule has 2 N–H and O–H groups in total. The van der Waals surface area contributed by atoms with Gasteiger partial charge in [-0.15, -0.1) is 0 Å². The molecule has 32 nitrogen and oxygen atoms in total. The van der Waals surface area contributed by atoms with Crippen molar-refractivity contribution in [1.82, 2.24) is 0 Å². The Hall–Kier alpha value is -1.28. The fourth-order valence-electron chi connectivity index (χ4n) is 10.2. The number of methoxy groups -OCH3 is 2. The van der Waals surface area contributed by atoms with Crippen LogP contribution in [0, 0.1) is 41.4 Å². The third-order valence-corrected chi connectivity index (χ3v) is 17.5. The van der Waals surface area contributed by atoms with E-state index in [9.17, 15) is 0 Å². The van der Waals surface area contributed by atoms with Gasteiger partial charge in [0, 0.05) is 80.3 Å². The van der Waals surface area contributed by atoms with Gasteiger partial charge in [0.05, 0.1) is 330 Å². The maximum Gasteiger partial charge on any atom is 0.0701 e. The number of hydrogen-bond donors (Lipinski definition) is 2. The van der Waals surface area contributed by atoms with E-state index in [0.29, 0.717) is 317 Å². The number of aliphatic hydroxyl groups excluding tert-OH is 2. The summed E-state index contributed by atoms with van der Waals surface area (Å²) in [7, 11) is 3.31. The molecule has 0 aromatic heterocycles. The van der Waals surface area contributed by atoms with E-state index in [4.69, 9.17) is 152 Å². The zero-order valence-corrected chi connectivity index (χ0v) is 89.9. The highest BCUT2D eigenvalue weighted by Gasteiger charge is 2.05. The molecule has 0 aliphatic heterocycles. The molecule has 930 valence electrons. The molecule has 0 saturated heterocycles. The zero-order valence-electron chi connectivity index (χ0n) is 89.9. The van der Waals surface area contributed by atoms with E-state index < -0.39 is 0 Å². The summed E-state index contributed by atoms with van der Waals surface area (Å²) in [5.74, 6) is 5.29. The van der Waals surface area contributed by atoms with Gasteiger partial charge >= 0.3 is 0 Å². The van der Waals surface area contributed by atoms with E-state index in [-0.39, 0.29) is 117 Å². The first kappa shape index (κ1) is 197. The molecule has 32 heteroatoms. The molecule has 0 atom stereocenters. The predicted octanol–water partition coefficient (Wildman–Crippen LogP) is 24.4. The minimum absolute atomic E-state index is 0. The van der Waals surface area contributed by atoms with Gasteiger partial charge in [0.25, 0.3) is 0 Å². The third kappa shape index (κ3) is 239. The highest BCUT2D eigenvalue weighted by Crippen LogP contribution is 2.09. The highest BCUT2D eigenvalue weighted by atomic mass is 16.6. The largest absolute Gasteiger partial charge is 0.394 e. The van der Waals surface area contributed by atoms with Gasteiger partial charge in [-0.05, 0) is 151 Å². The van der Waals surface area contributed by atoms with Gasteiger partial charge in [-0.3, -0.25) is 0 Å². The van der Waals surface area contributed by atoms with Crippen molar-refractivity contribution in [3.05, 3.63) is 0 Å². The van der Waals surface area contributed by atoms with Crippen LogP contribution in [0.4, 0.5) is 0 Å². The van der Waals surface area contributed by atoms with E-state index in [2.05, 4.69) is 111 Å². The SMILES string of the molecule is C.C.C.C.C.C.C.C.C.C.C.C.C.C.CC(C)CCCOCCOCCO.CC(C)CCCOCCOCCOCCO.CCCOCCOCCOCCOCCCC(C)C.CCCOCCOCCOCCOCCOCCCC(C)C.CCOCCOCCOCCOCCOCCCC(C)C.COCCOCCOCCOCCOCCCC(C)C.COCCOCCOCCOCCOCCOCCCC(C)C. The van der Waals surface area contributed by atoms with Crippen molar-refractivity contribution in [2.45, 2.75) is 324 Å². The first-order valence-electron chi connectivity index (χ1n) is 51.8. The second-order valence-corrected chi connectivity index (χ2v) is 33.9. The van der Waals surface area contributed by atoms with Crippen LogP contribution in [0.25, 0.3) is 0 Å². The lowest BCUT2D eigenvalue weighted by molar-refractivity contribution is -0.0148. The summed E-state index contributed by atoms with van der Waals surface area (Å²) in [4.78, 5) is 0. The number of ether oxygens (including phenoxy) is 30. The summed E-state index contributed by atoms with van der Waals surface area (Å²) in [6.07, 6.45) is 18.6. The van der Waals surface area contributed by atoms with Gasteiger partial charge in [0.1, 0.15) is 0 Å². The van der Waals surface area contributed by atoms with Crippen LogP contribution in [-0.2, 0) is 142 Å². The monoisotopic (exact) mass is 2180 g/mol. The second kappa shape index (κ2) is 193. The van der Waals surface area contributed by atoms with Crippen LogP contribution in [0.1, 0.15) is 324 Å². The molecule has 0 aromatic rings. The van der Waals surface area contributed by atoms with Gasteiger partial charge in [-0.1, -0.05) is 215 Å². The van der Waals surface area contributed by atoms with Crippen molar-refractivity contribution < 1.29 is 152 Å². The van der Waals surface area contributed by atoms with Crippen molar-refractivity contribution in [2.75, 3.05) is 411 Å². The minimum atomic E-state index is 0. The standard InChI is InChI=1S/C17H36O6.C17H36O5.C16H34O5.C15H32O5.C15H32O4.C12H26O4.C10H22O3.14CH4/c1-17(2)5-4-6-19-9-10-21-13-14-23-16-15-22-12-11-20-8-7-18-3;1-4-7-18-9-11-20-13-15-22-16-14-21-12-10-19-8-5-6-17(2)3;1-4-17-8-9-19-12-13-21-15-14-20-11-10-18-7-5-6-16(2)3;1-15(2)5-4-6-17-9-10-19-13-14-20-12-11-18-8-7-16-3;1-4-7-16-9-11-18-13-14-19-12-10-17-8-5-6-15(2)3;1-12(2)4-3-6-14-8-10-16-11-9-15-7-5-13;1-10(2)4-3-6-12-8-9-13-7-5-11;;;;;;;;;;;;;;/h17H,4-16H2,1-3H3;17H,4-16H2,1-3H3;16H,4-15H2,1-3H3;15H,4-14H2,1-3H3;15H,4-14H2,1-3H3;12-13H,3-11H2,1-2H3;10-11H,3-9H2,1-2H3;14*1H4. The fraction of sp³-hybridized carbons (Fsp3) is 1.00. The quantitative estimate of drug-likeness (QED) is 0.0534. The van der Waals surface area contributed by atoms with Crippen molar-refractivity contribution in [1.29, 1.82) is 0 Å². The van der Waals surface area contributed by atoms with Gasteiger partial charge in [-0.25, -0.2) is 0 Å². The molecule has 0 radical (unpaired) electrons. The lowest BCUT2D eigenvalue weighted by Gasteiger charge is -2.08. The average Bonchev–Trinajstić information content (AvgIpc) is 1.10. The summed E-state index contributed by atoms with van der Waals surface area (Å²) in [5, 5.41) is 16.8. The molecular formula is C116H274O32. The van der Waals surface area contributed by atoms with Crippen molar-refractivity contribution in [3.63, 3.8) is 0 Å². The molecule has 0 unspecified atom stereocenters. The van der Waals surface area contributed by atoms with Crippen LogP contribution in [0.2, 0.25) is 0 Å². The third-order valence-electron chi connectivity index (χ3n) is 17.5. The molecule has 0 fully saturated rings. The van der Waals surface area contributed by atoms with Crippen LogP contribution >= 0.6 is 0 Å². The van der Waals surface area contributed by atoms with E-state index >= 15 is 0 Å². The topological polar surface area (TPSA) is 317 Å².